The number of carboxylic acid groups (broad SMARTS) is 3. The van der Waals surface area contributed by atoms with Crippen molar-refractivity contribution in [1.82, 2.24) is 0 Å². The van der Waals surface area contributed by atoms with Crippen LogP contribution in [0.5, 0.6) is 0 Å². The molecule has 4 atom stereocenters. The molecule has 1 aliphatic rings. The van der Waals surface area contributed by atoms with Crippen molar-refractivity contribution in [3.63, 3.8) is 0 Å². The number of aliphatic hydroxyl groups is 1. The molecule has 1 rings (SSSR count). The third kappa shape index (κ3) is 9.04. The third-order valence-electron chi connectivity index (χ3n) is 5.75. The molecule has 8 nitrogen and oxygen atoms in total. The Labute approximate surface area is 182 Å². The summed E-state index contributed by atoms with van der Waals surface area (Å²) in [6.45, 7) is 2.05. The number of Topliss-reactive ketones (excluding diaryl/α,β-unsaturated/α-hetero) is 1. The number of aliphatic carboxylic acids is 3. The van der Waals surface area contributed by atoms with E-state index in [1.165, 1.54) is 0 Å². The van der Waals surface area contributed by atoms with Crippen LogP contribution >= 0.6 is 0 Å². The molecule has 0 unspecified atom stereocenters. The van der Waals surface area contributed by atoms with Gasteiger partial charge in [-0.1, -0.05) is 50.5 Å². The number of allylic oxidation sites excluding steroid dienone is 3. The number of ketones is 1. The van der Waals surface area contributed by atoms with Gasteiger partial charge in [-0.25, -0.2) is 0 Å². The minimum Gasteiger partial charge on any atom is -0.481 e. The van der Waals surface area contributed by atoms with Gasteiger partial charge in [-0.3, -0.25) is 19.2 Å². The van der Waals surface area contributed by atoms with Crippen molar-refractivity contribution in [3.8, 4) is 0 Å². The zero-order valence-corrected chi connectivity index (χ0v) is 18.0. The lowest BCUT2D eigenvalue weighted by Gasteiger charge is -2.23. The predicted octanol–water partition coefficient (Wildman–Crippen LogP) is 3.29. The van der Waals surface area contributed by atoms with Crippen molar-refractivity contribution < 1.29 is 39.6 Å². The minimum atomic E-state index is -1.69. The van der Waals surface area contributed by atoms with Crippen LogP contribution in [0.15, 0.2) is 24.3 Å². The molecule has 8 heteroatoms. The minimum absolute atomic E-state index is 0.0506. The zero-order valence-electron chi connectivity index (χ0n) is 18.0. The summed E-state index contributed by atoms with van der Waals surface area (Å²) in [5.74, 6) is -7.77. The van der Waals surface area contributed by atoms with E-state index in [4.69, 9.17) is 5.11 Å². The first-order valence-electron chi connectivity index (χ1n) is 10.9. The van der Waals surface area contributed by atoms with Gasteiger partial charge in [0.25, 0.3) is 0 Å². The van der Waals surface area contributed by atoms with Crippen LogP contribution in [0, 0.1) is 23.7 Å². The molecule has 0 saturated heterocycles. The van der Waals surface area contributed by atoms with Crippen LogP contribution < -0.4 is 0 Å². The van der Waals surface area contributed by atoms with Crippen molar-refractivity contribution in [1.29, 1.82) is 0 Å². The maximum absolute atomic E-state index is 12.6. The number of hydrogen-bond acceptors (Lipinski definition) is 5. The fourth-order valence-electron chi connectivity index (χ4n) is 4.10. The van der Waals surface area contributed by atoms with Gasteiger partial charge in [0.1, 0.15) is 5.78 Å². The Balaban J connectivity index is 2.94. The SMILES string of the molecule is CCCCC[C@H](O)/C=C/[C@@H]1[C@@H](C/C=C\CCCC(=O)O)C(=O)C[C@H]1C(C(=O)O)C(=O)O. The zero-order chi connectivity index (χ0) is 23.4. The summed E-state index contributed by atoms with van der Waals surface area (Å²) in [6, 6.07) is 0. The summed E-state index contributed by atoms with van der Waals surface area (Å²) in [4.78, 5) is 46.3. The van der Waals surface area contributed by atoms with Gasteiger partial charge in [0.2, 0.25) is 0 Å². The van der Waals surface area contributed by atoms with E-state index in [1.807, 2.05) is 0 Å². The summed E-state index contributed by atoms with van der Waals surface area (Å²) < 4.78 is 0. The van der Waals surface area contributed by atoms with Gasteiger partial charge in [-0.2, -0.15) is 0 Å². The average Bonchev–Trinajstić information content (AvgIpc) is 2.97. The highest BCUT2D eigenvalue weighted by Crippen LogP contribution is 2.42. The number of carbonyl (C=O) groups is 4. The van der Waals surface area contributed by atoms with Crippen molar-refractivity contribution in [2.24, 2.45) is 23.7 Å². The first-order chi connectivity index (χ1) is 14.7. The number of aliphatic hydroxyl groups excluding tert-OH is 1. The fourth-order valence-corrected chi connectivity index (χ4v) is 4.10. The lowest BCUT2D eigenvalue weighted by atomic mass is 9.79. The Hall–Kier alpha value is -2.48. The summed E-state index contributed by atoms with van der Waals surface area (Å²) in [5, 5.41) is 37.7. The summed E-state index contributed by atoms with van der Waals surface area (Å²) in [7, 11) is 0. The third-order valence-corrected chi connectivity index (χ3v) is 5.75. The number of hydrogen-bond donors (Lipinski definition) is 4. The molecule has 0 spiro atoms. The Morgan fingerprint density at radius 2 is 1.74 bits per heavy atom. The first kappa shape index (κ1) is 26.6. The van der Waals surface area contributed by atoms with Gasteiger partial charge in [0.15, 0.2) is 5.92 Å². The van der Waals surface area contributed by atoms with Crippen molar-refractivity contribution in [2.45, 2.75) is 70.8 Å². The van der Waals surface area contributed by atoms with Crippen LogP contribution in [-0.4, -0.2) is 50.2 Å². The molecule has 174 valence electrons. The molecule has 1 fully saturated rings. The Kier molecular flexibility index (Phi) is 11.8. The highest BCUT2D eigenvalue weighted by atomic mass is 16.4. The van der Waals surface area contributed by atoms with E-state index in [9.17, 15) is 34.5 Å². The van der Waals surface area contributed by atoms with E-state index < -0.39 is 47.7 Å². The maximum atomic E-state index is 12.6. The Bertz CT molecular complexity index is 667. The van der Waals surface area contributed by atoms with Gasteiger partial charge in [0, 0.05) is 18.8 Å². The lowest BCUT2D eigenvalue weighted by molar-refractivity contribution is -0.157. The second-order valence-electron chi connectivity index (χ2n) is 8.11. The average molecular weight is 439 g/mol. The molecule has 0 aliphatic heterocycles. The first-order valence-corrected chi connectivity index (χ1v) is 10.9. The van der Waals surface area contributed by atoms with Gasteiger partial charge in [-0.15, -0.1) is 0 Å². The molecule has 0 aromatic carbocycles. The van der Waals surface area contributed by atoms with Crippen LogP contribution in [0.2, 0.25) is 0 Å². The van der Waals surface area contributed by atoms with E-state index in [0.717, 1.165) is 19.3 Å². The van der Waals surface area contributed by atoms with Crippen LogP contribution in [0.3, 0.4) is 0 Å². The van der Waals surface area contributed by atoms with Crippen LogP contribution in [0.4, 0.5) is 0 Å². The lowest BCUT2D eigenvalue weighted by Crippen LogP contribution is -2.33. The van der Waals surface area contributed by atoms with Crippen molar-refractivity contribution in [2.75, 3.05) is 0 Å². The maximum Gasteiger partial charge on any atom is 0.318 e. The van der Waals surface area contributed by atoms with E-state index >= 15 is 0 Å². The topological polar surface area (TPSA) is 149 Å². The van der Waals surface area contributed by atoms with Gasteiger partial charge >= 0.3 is 17.9 Å². The van der Waals surface area contributed by atoms with Crippen LogP contribution in [0.25, 0.3) is 0 Å². The second kappa shape index (κ2) is 13.7. The number of rotatable bonds is 15. The number of carboxylic acids is 3. The molecule has 0 radical (unpaired) electrons. The molecular formula is C23H34O8. The molecule has 1 saturated carbocycles. The highest BCUT2D eigenvalue weighted by Gasteiger charge is 2.48. The van der Waals surface area contributed by atoms with Crippen molar-refractivity contribution >= 4 is 23.7 Å². The fraction of sp³-hybridized carbons (Fsp3) is 0.652. The van der Waals surface area contributed by atoms with Crippen molar-refractivity contribution in [3.05, 3.63) is 24.3 Å². The van der Waals surface area contributed by atoms with Crippen LogP contribution in [-0.2, 0) is 19.2 Å². The van der Waals surface area contributed by atoms with Gasteiger partial charge < -0.3 is 20.4 Å². The number of unbranched alkanes of at least 4 members (excludes halogenated alkanes) is 3. The Morgan fingerprint density at radius 3 is 2.32 bits per heavy atom. The smallest absolute Gasteiger partial charge is 0.318 e. The molecule has 0 heterocycles. The van der Waals surface area contributed by atoms with Crippen LogP contribution in [0.1, 0.15) is 64.7 Å². The molecule has 0 aromatic heterocycles. The summed E-state index contributed by atoms with van der Waals surface area (Å²) in [6.07, 6.45) is 10.6. The molecule has 0 bridgehead atoms. The second-order valence-corrected chi connectivity index (χ2v) is 8.11. The number of carbonyl (C=O) groups excluding carboxylic acids is 1. The molecule has 1 aliphatic carbocycles. The van der Waals surface area contributed by atoms with E-state index in [1.54, 1.807) is 24.3 Å². The molecular weight excluding hydrogens is 404 g/mol. The molecule has 0 aromatic rings. The predicted molar refractivity (Wildman–Crippen MR) is 113 cm³/mol. The largest absolute Gasteiger partial charge is 0.481 e. The van der Waals surface area contributed by atoms with E-state index in [2.05, 4.69) is 6.92 Å². The molecule has 4 N–H and O–H groups in total. The Morgan fingerprint density at radius 1 is 1.06 bits per heavy atom. The normalized spacial score (nSPS) is 22.5. The van der Waals surface area contributed by atoms with E-state index in [-0.39, 0.29) is 18.6 Å². The van der Waals surface area contributed by atoms with E-state index in [0.29, 0.717) is 25.7 Å². The summed E-state index contributed by atoms with van der Waals surface area (Å²) >= 11 is 0. The highest BCUT2D eigenvalue weighted by molar-refractivity contribution is 5.95. The quantitative estimate of drug-likeness (QED) is 0.173. The summed E-state index contributed by atoms with van der Waals surface area (Å²) in [5.41, 5.74) is 0. The monoisotopic (exact) mass is 438 g/mol. The van der Waals surface area contributed by atoms with Gasteiger partial charge in [0.05, 0.1) is 6.10 Å². The standard InChI is InChI=1S/C23H34O8/c1-2-3-6-9-15(24)12-13-16-17(10-7-4-5-8-11-20(26)27)19(25)14-18(16)21(22(28)29)23(30)31/h4,7,12-13,15-18,21,24H,2-3,5-6,8-11,14H2,1H3,(H,26,27)(H,28,29)(H,30,31)/b7-4-,13-12+/t15-,16+,17+,18+/m0/s1. The van der Waals surface area contributed by atoms with Gasteiger partial charge in [-0.05, 0) is 37.5 Å². The molecule has 31 heavy (non-hydrogen) atoms. The molecule has 0 amide bonds.